The third kappa shape index (κ3) is 1.68. The van der Waals surface area contributed by atoms with Crippen LogP contribution in [0.1, 0.15) is 16.8 Å². The van der Waals surface area contributed by atoms with Crippen molar-refractivity contribution in [1.29, 1.82) is 0 Å². The molecule has 0 saturated heterocycles. The van der Waals surface area contributed by atoms with Gasteiger partial charge in [-0.25, -0.2) is 0 Å². The number of Topliss-reactive ketones (excluding diaryl/α,β-unsaturated/α-hetero) is 1. The van der Waals surface area contributed by atoms with Crippen LogP contribution < -0.4 is 0 Å². The molecule has 0 fully saturated rings. The molecule has 3 heteroatoms. The number of carbonyl (C=O) groups excluding carboxylic acids is 1. The predicted octanol–water partition coefficient (Wildman–Crippen LogP) is 4.28. The maximum atomic E-state index is 11.8. The van der Waals surface area contributed by atoms with Gasteiger partial charge in [-0.15, -0.1) is 11.8 Å². The van der Waals surface area contributed by atoms with Crippen LogP contribution in [0.5, 0.6) is 0 Å². The van der Waals surface area contributed by atoms with Gasteiger partial charge in [0.15, 0.2) is 5.78 Å². The monoisotopic (exact) mass is 292 g/mol. The maximum absolute atomic E-state index is 11.8. The van der Waals surface area contributed by atoms with Crippen LogP contribution in [0, 0.1) is 0 Å². The van der Waals surface area contributed by atoms with Crippen molar-refractivity contribution < 1.29 is 4.79 Å². The number of ketones is 1. The summed E-state index contributed by atoms with van der Waals surface area (Å²) in [4.78, 5) is 12.9. The lowest BCUT2D eigenvalue weighted by Crippen LogP contribution is -2.07. The first-order valence-electron chi connectivity index (χ1n) is 5.13. The number of halogens is 1. The first-order chi connectivity index (χ1) is 7.74. The molecule has 0 aliphatic carbocycles. The molecule has 0 atom stereocenters. The molecule has 2 aromatic rings. The number of carbonyl (C=O) groups is 1. The molecule has 3 rings (SSSR count). The highest BCUT2D eigenvalue weighted by atomic mass is 79.9. The number of hydrogen-bond donors (Lipinski definition) is 0. The predicted molar refractivity (Wildman–Crippen MR) is 71.3 cm³/mol. The Kier molecular flexibility index (Phi) is 2.52. The summed E-state index contributed by atoms with van der Waals surface area (Å²) >= 11 is 5.23. The van der Waals surface area contributed by atoms with Crippen LogP contribution in [0.2, 0.25) is 0 Å². The SMILES string of the molecule is O=C1CCSc2cc3ccc(Br)cc3cc21. The van der Waals surface area contributed by atoms with Crippen molar-refractivity contribution in [3.8, 4) is 0 Å². The molecule has 0 radical (unpaired) electrons. The van der Waals surface area contributed by atoms with E-state index in [1.165, 1.54) is 5.39 Å². The van der Waals surface area contributed by atoms with E-state index in [0.29, 0.717) is 6.42 Å². The summed E-state index contributed by atoms with van der Waals surface area (Å²) in [5.41, 5.74) is 0.891. The molecule has 80 valence electrons. The topological polar surface area (TPSA) is 17.1 Å². The van der Waals surface area contributed by atoms with Gasteiger partial charge in [0.05, 0.1) is 0 Å². The fourth-order valence-electron chi connectivity index (χ4n) is 1.97. The second-order valence-corrected chi connectivity index (χ2v) is 5.91. The summed E-state index contributed by atoms with van der Waals surface area (Å²) < 4.78 is 1.05. The van der Waals surface area contributed by atoms with E-state index in [1.54, 1.807) is 11.8 Å². The highest BCUT2D eigenvalue weighted by molar-refractivity contribution is 9.10. The summed E-state index contributed by atoms with van der Waals surface area (Å²) in [6, 6.07) is 10.3. The van der Waals surface area contributed by atoms with E-state index in [1.807, 2.05) is 12.1 Å². The van der Waals surface area contributed by atoms with Gasteiger partial charge in [-0.1, -0.05) is 22.0 Å². The van der Waals surface area contributed by atoms with Gasteiger partial charge in [0.2, 0.25) is 0 Å². The molecule has 1 aliphatic heterocycles. The normalized spacial score (nSPS) is 15.2. The number of hydrogen-bond acceptors (Lipinski definition) is 2. The molecular formula is C13H9BrOS. The quantitative estimate of drug-likeness (QED) is 0.721. The minimum Gasteiger partial charge on any atom is -0.294 e. The largest absolute Gasteiger partial charge is 0.294 e. The van der Waals surface area contributed by atoms with Crippen molar-refractivity contribution in [2.45, 2.75) is 11.3 Å². The van der Waals surface area contributed by atoms with E-state index in [-0.39, 0.29) is 5.78 Å². The number of rotatable bonds is 0. The summed E-state index contributed by atoms with van der Waals surface area (Å²) in [6.45, 7) is 0. The van der Waals surface area contributed by atoms with Crippen LogP contribution in [0.4, 0.5) is 0 Å². The van der Waals surface area contributed by atoms with Crippen LogP contribution in [-0.4, -0.2) is 11.5 Å². The highest BCUT2D eigenvalue weighted by Crippen LogP contribution is 2.34. The zero-order valence-electron chi connectivity index (χ0n) is 8.50. The molecule has 0 N–H and O–H groups in total. The lowest BCUT2D eigenvalue weighted by molar-refractivity contribution is 0.0985. The van der Waals surface area contributed by atoms with Crippen molar-refractivity contribution in [3.05, 3.63) is 40.4 Å². The van der Waals surface area contributed by atoms with Crippen molar-refractivity contribution in [2.75, 3.05) is 5.75 Å². The summed E-state index contributed by atoms with van der Waals surface area (Å²) in [7, 11) is 0. The third-order valence-electron chi connectivity index (χ3n) is 2.79. The van der Waals surface area contributed by atoms with E-state index in [0.717, 1.165) is 26.1 Å². The molecule has 0 aromatic heterocycles. The molecule has 1 nitrogen and oxygen atoms in total. The van der Waals surface area contributed by atoms with Crippen molar-refractivity contribution in [2.24, 2.45) is 0 Å². The van der Waals surface area contributed by atoms with Gasteiger partial charge < -0.3 is 0 Å². The average molecular weight is 293 g/mol. The fourth-order valence-corrected chi connectivity index (χ4v) is 3.40. The van der Waals surface area contributed by atoms with Gasteiger partial charge in [-0.2, -0.15) is 0 Å². The molecule has 0 bridgehead atoms. The summed E-state index contributed by atoms with van der Waals surface area (Å²) in [5.74, 6) is 1.18. The molecule has 0 saturated carbocycles. The first-order valence-corrected chi connectivity index (χ1v) is 6.91. The van der Waals surface area contributed by atoms with Gasteiger partial charge in [0, 0.05) is 27.1 Å². The van der Waals surface area contributed by atoms with Crippen molar-refractivity contribution >= 4 is 44.2 Å². The van der Waals surface area contributed by atoms with Gasteiger partial charge in [0.1, 0.15) is 0 Å². The molecule has 16 heavy (non-hydrogen) atoms. The Bertz CT molecular complexity index is 592. The van der Waals surface area contributed by atoms with Gasteiger partial charge in [-0.3, -0.25) is 4.79 Å². The fraction of sp³-hybridized carbons (Fsp3) is 0.154. The van der Waals surface area contributed by atoms with Crippen LogP contribution in [0.15, 0.2) is 39.7 Å². The second kappa shape index (κ2) is 3.90. The highest BCUT2D eigenvalue weighted by Gasteiger charge is 2.18. The van der Waals surface area contributed by atoms with Crippen LogP contribution in [0.25, 0.3) is 10.8 Å². The Hall–Kier alpha value is -0.800. The Balaban J connectivity index is 2.30. The van der Waals surface area contributed by atoms with Gasteiger partial charge >= 0.3 is 0 Å². The molecule has 2 aromatic carbocycles. The Morgan fingerprint density at radius 3 is 2.88 bits per heavy atom. The zero-order valence-corrected chi connectivity index (χ0v) is 10.9. The van der Waals surface area contributed by atoms with E-state index < -0.39 is 0 Å². The molecular weight excluding hydrogens is 284 g/mol. The van der Waals surface area contributed by atoms with E-state index in [4.69, 9.17) is 0 Å². The Morgan fingerprint density at radius 1 is 1.12 bits per heavy atom. The lowest BCUT2D eigenvalue weighted by Gasteiger charge is -2.15. The number of fused-ring (bicyclic) bond motifs is 2. The zero-order chi connectivity index (χ0) is 11.1. The molecule has 0 unspecified atom stereocenters. The Labute approximate surface area is 106 Å². The molecule has 1 aliphatic rings. The maximum Gasteiger partial charge on any atom is 0.164 e. The smallest absolute Gasteiger partial charge is 0.164 e. The first kappa shape index (κ1) is 10.4. The second-order valence-electron chi connectivity index (χ2n) is 3.86. The average Bonchev–Trinajstić information content (AvgIpc) is 2.28. The molecule has 1 heterocycles. The van der Waals surface area contributed by atoms with Gasteiger partial charge in [0.25, 0.3) is 0 Å². The van der Waals surface area contributed by atoms with Crippen LogP contribution in [-0.2, 0) is 0 Å². The van der Waals surface area contributed by atoms with E-state index >= 15 is 0 Å². The molecule has 0 spiro atoms. The summed E-state index contributed by atoms with van der Waals surface area (Å²) in [6.07, 6.45) is 0.664. The lowest BCUT2D eigenvalue weighted by atomic mass is 10.0. The minimum absolute atomic E-state index is 0.274. The van der Waals surface area contributed by atoms with Crippen LogP contribution >= 0.6 is 27.7 Å². The minimum atomic E-state index is 0.274. The number of benzene rings is 2. The standard InChI is InChI=1S/C13H9BrOS/c14-10-2-1-8-7-13-11(6-9(8)5-10)12(15)3-4-16-13/h1-2,5-7H,3-4H2. The molecule has 0 amide bonds. The van der Waals surface area contributed by atoms with Crippen LogP contribution in [0.3, 0.4) is 0 Å². The van der Waals surface area contributed by atoms with Crippen molar-refractivity contribution in [1.82, 2.24) is 0 Å². The van der Waals surface area contributed by atoms with Crippen molar-refractivity contribution in [3.63, 3.8) is 0 Å². The summed E-state index contributed by atoms with van der Waals surface area (Å²) in [5, 5.41) is 2.33. The van der Waals surface area contributed by atoms with E-state index in [9.17, 15) is 4.79 Å². The Morgan fingerprint density at radius 2 is 2.00 bits per heavy atom. The van der Waals surface area contributed by atoms with E-state index in [2.05, 4.69) is 34.1 Å². The van der Waals surface area contributed by atoms with Gasteiger partial charge in [-0.05, 0) is 35.0 Å². The third-order valence-corrected chi connectivity index (χ3v) is 4.34. The number of thioether (sulfide) groups is 1.